The van der Waals surface area contributed by atoms with E-state index in [9.17, 15) is 8.78 Å². The van der Waals surface area contributed by atoms with Crippen LogP contribution in [0.25, 0.3) is 4.85 Å². The highest BCUT2D eigenvalue weighted by Gasteiger charge is 2.34. The smallest absolute Gasteiger partial charge is 0.251 e. The van der Waals surface area contributed by atoms with Crippen molar-refractivity contribution >= 4 is 17.3 Å². The second-order valence-corrected chi connectivity index (χ2v) is 4.03. The summed E-state index contributed by atoms with van der Waals surface area (Å²) in [7, 11) is 0. The monoisotopic (exact) mass is 238 g/mol. The van der Waals surface area contributed by atoms with Crippen LogP contribution in [0, 0.1) is 6.57 Å². The predicted molar refractivity (Wildman–Crippen MR) is 61.3 cm³/mol. The van der Waals surface area contributed by atoms with E-state index in [1.165, 1.54) is 6.07 Å². The fourth-order valence-electron chi connectivity index (χ4n) is 1.82. The van der Waals surface area contributed by atoms with Gasteiger partial charge in [-0.05, 0) is 12.1 Å². The molecular weight excluding hydrogens is 226 g/mol. The maximum absolute atomic E-state index is 13.0. The van der Waals surface area contributed by atoms with Gasteiger partial charge >= 0.3 is 0 Å². The second kappa shape index (κ2) is 4.17. The average Bonchev–Trinajstić information content (AvgIpc) is 2.29. The third kappa shape index (κ3) is 2.44. The highest BCUT2D eigenvalue weighted by Crippen LogP contribution is 2.34. The van der Waals surface area contributed by atoms with E-state index in [4.69, 9.17) is 12.3 Å². The van der Waals surface area contributed by atoms with E-state index in [-0.39, 0.29) is 25.9 Å². The van der Waals surface area contributed by atoms with Crippen LogP contribution in [0.5, 0.6) is 0 Å². The molecule has 0 spiro atoms. The Morgan fingerprint density at radius 1 is 1.35 bits per heavy atom. The molecule has 1 aromatic heterocycles. The van der Waals surface area contributed by atoms with Crippen molar-refractivity contribution in [2.45, 2.75) is 18.8 Å². The molecule has 2 rings (SSSR count). The van der Waals surface area contributed by atoms with E-state index in [2.05, 4.69) is 9.83 Å². The number of nitrogens with zero attached hydrogens (tertiary/aromatic N) is 3. The van der Waals surface area contributed by atoms with Gasteiger partial charge in [0.25, 0.3) is 5.92 Å². The van der Waals surface area contributed by atoms with Crippen molar-refractivity contribution in [1.29, 1.82) is 0 Å². The molecule has 90 valence electrons. The molecule has 0 bridgehead atoms. The van der Waals surface area contributed by atoms with E-state index in [0.29, 0.717) is 17.3 Å². The normalized spacial score (nSPS) is 18.8. The summed E-state index contributed by atoms with van der Waals surface area (Å²) in [6, 6.07) is 3.10. The van der Waals surface area contributed by atoms with Gasteiger partial charge in [0.05, 0.1) is 6.57 Å². The van der Waals surface area contributed by atoms with E-state index in [0.717, 1.165) is 0 Å². The molecule has 1 aliphatic rings. The zero-order valence-electron chi connectivity index (χ0n) is 9.16. The molecule has 2 N–H and O–H groups in total. The van der Waals surface area contributed by atoms with Crippen LogP contribution in [0.15, 0.2) is 12.1 Å². The molecule has 1 fully saturated rings. The Bertz CT molecular complexity index is 457. The number of nitrogen functional groups attached to an aromatic ring is 1. The van der Waals surface area contributed by atoms with Crippen molar-refractivity contribution in [2.24, 2.45) is 0 Å². The first-order valence-corrected chi connectivity index (χ1v) is 5.28. The lowest BCUT2D eigenvalue weighted by Gasteiger charge is -2.33. The van der Waals surface area contributed by atoms with Crippen LogP contribution >= 0.6 is 0 Å². The van der Waals surface area contributed by atoms with Crippen molar-refractivity contribution in [1.82, 2.24) is 4.98 Å². The molecule has 0 radical (unpaired) electrons. The molecule has 1 aromatic rings. The predicted octanol–water partition coefficient (Wildman–Crippen LogP) is 2.45. The molecule has 0 unspecified atom stereocenters. The van der Waals surface area contributed by atoms with Gasteiger partial charge in [0.15, 0.2) is 0 Å². The molecule has 1 saturated heterocycles. The molecule has 0 aliphatic carbocycles. The highest BCUT2D eigenvalue weighted by atomic mass is 19.3. The molecule has 1 aliphatic heterocycles. The van der Waals surface area contributed by atoms with Crippen LogP contribution in [-0.2, 0) is 0 Å². The number of piperidine rings is 1. The lowest BCUT2D eigenvalue weighted by atomic mass is 10.1. The number of anilines is 2. The Morgan fingerprint density at radius 3 is 2.59 bits per heavy atom. The van der Waals surface area contributed by atoms with Crippen molar-refractivity contribution in [3.63, 3.8) is 0 Å². The maximum Gasteiger partial charge on any atom is 0.251 e. The Kier molecular flexibility index (Phi) is 2.84. The lowest BCUT2D eigenvalue weighted by Crippen LogP contribution is -2.39. The first kappa shape index (κ1) is 11.6. The van der Waals surface area contributed by atoms with Crippen LogP contribution < -0.4 is 10.6 Å². The molecule has 2 heterocycles. The SMILES string of the molecule is [C-]#[N+]c1ccc(N)nc1N1CCC(F)(F)CC1. The van der Waals surface area contributed by atoms with Gasteiger partial charge < -0.3 is 10.6 Å². The zero-order chi connectivity index (χ0) is 12.5. The van der Waals surface area contributed by atoms with E-state index in [1.54, 1.807) is 11.0 Å². The number of rotatable bonds is 1. The van der Waals surface area contributed by atoms with E-state index in [1.807, 2.05) is 0 Å². The van der Waals surface area contributed by atoms with Gasteiger partial charge in [-0.15, -0.1) is 0 Å². The highest BCUT2D eigenvalue weighted by molar-refractivity contribution is 5.68. The average molecular weight is 238 g/mol. The van der Waals surface area contributed by atoms with Gasteiger partial charge in [0.2, 0.25) is 5.69 Å². The Hall–Kier alpha value is -1.90. The van der Waals surface area contributed by atoms with Crippen molar-refractivity contribution < 1.29 is 8.78 Å². The van der Waals surface area contributed by atoms with Gasteiger partial charge in [-0.2, -0.15) is 0 Å². The molecule has 0 amide bonds. The number of halogens is 2. The number of alkyl halides is 2. The summed E-state index contributed by atoms with van der Waals surface area (Å²) < 4.78 is 26.0. The third-order valence-electron chi connectivity index (χ3n) is 2.79. The van der Waals surface area contributed by atoms with Gasteiger partial charge in [0.1, 0.15) is 11.6 Å². The van der Waals surface area contributed by atoms with Gasteiger partial charge in [-0.3, -0.25) is 0 Å². The number of hydrogen-bond acceptors (Lipinski definition) is 3. The Morgan fingerprint density at radius 2 is 2.00 bits per heavy atom. The summed E-state index contributed by atoms with van der Waals surface area (Å²) in [5, 5.41) is 0. The summed E-state index contributed by atoms with van der Waals surface area (Å²) in [6.07, 6.45) is -0.415. The standard InChI is InChI=1S/C11H12F2N4/c1-15-8-2-3-9(14)16-10(8)17-6-4-11(12,13)5-7-17/h2-3H,4-7H2,(H2,14,16). The minimum absolute atomic E-state index is 0.200. The molecule has 0 aromatic carbocycles. The summed E-state index contributed by atoms with van der Waals surface area (Å²) in [5.41, 5.74) is 5.90. The van der Waals surface area contributed by atoms with Crippen LogP contribution in [0.4, 0.5) is 26.1 Å². The van der Waals surface area contributed by atoms with E-state index < -0.39 is 5.92 Å². The molecular formula is C11H12F2N4. The molecule has 4 nitrogen and oxygen atoms in total. The molecule has 0 atom stereocenters. The van der Waals surface area contributed by atoms with Crippen LogP contribution in [-0.4, -0.2) is 24.0 Å². The zero-order valence-corrected chi connectivity index (χ0v) is 9.16. The first-order chi connectivity index (χ1) is 8.02. The van der Waals surface area contributed by atoms with Crippen molar-refractivity contribution in [3.8, 4) is 0 Å². The topological polar surface area (TPSA) is 46.5 Å². The fraction of sp³-hybridized carbons (Fsp3) is 0.455. The lowest BCUT2D eigenvalue weighted by molar-refractivity contribution is -0.0221. The van der Waals surface area contributed by atoms with Crippen LogP contribution in [0.2, 0.25) is 0 Å². The maximum atomic E-state index is 13.0. The molecule has 6 heteroatoms. The van der Waals surface area contributed by atoms with Crippen molar-refractivity contribution in [2.75, 3.05) is 23.7 Å². The minimum atomic E-state index is -2.60. The van der Waals surface area contributed by atoms with Gasteiger partial charge in [-0.1, -0.05) is 0 Å². The summed E-state index contributed by atoms with van der Waals surface area (Å²) in [4.78, 5) is 9.08. The Balaban J connectivity index is 2.24. The largest absolute Gasteiger partial charge is 0.384 e. The quantitative estimate of drug-likeness (QED) is 0.764. The van der Waals surface area contributed by atoms with Crippen molar-refractivity contribution in [3.05, 3.63) is 23.5 Å². The van der Waals surface area contributed by atoms with Gasteiger partial charge in [-0.25, -0.2) is 18.6 Å². The fourth-order valence-corrected chi connectivity index (χ4v) is 1.82. The van der Waals surface area contributed by atoms with Crippen LogP contribution in [0.1, 0.15) is 12.8 Å². The summed E-state index contributed by atoms with van der Waals surface area (Å²) >= 11 is 0. The molecule has 0 saturated carbocycles. The first-order valence-electron chi connectivity index (χ1n) is 5.28. The third-order valence-corrected chi connectivity index (χ3v) is 2.79. The van der Waals surface area contributed by atoms with E-state index >= 15 is 0 Å². The number of nitrogens with two attached hydrogens (primary N) is 1. The number of hydrogen-bond donors (Lipinski definition) is 1. The van der Waals surface area contributed by atoms with Crippen LogP contribution in [0.3, 0.4) is 0 Å². The van der Waals surface area contributed by atoms with Gasteiger partial charge in [0, 0.05) is 25.9 Å². The molecule has 17 heavy (non-hydrogen) atoms. The summed E-state index contributed by atoms with van der Waals surface area (Å²) in [5.74, 6) is -1.89. The number of pyridine rings is 1. The summed E-state index contributed by atoms with van der Waals surface area (Å²) in [6.45, 7) is 7.42. The Labute approximate surface area is 97.9 Å². The number of aromatic nitrogens is 1. The minimum Gasteiger partial charge on any atom is -0.384 e. The second-order valence-electron chi connectivity index (χ2n) is 4.03.